The highest BCUT2D eigenvalue weighted by atomic mass is 19.2. The maximum atomic E-state index is 13.5. The topological polar surface area (TPSA) is 35.2 Å². The van der Waals surface area contributed by atoms with E-state index in [1.165, 1.54) is 6.07 Å². The molecule has 0 bridgehead atoms. The fraction of sp³-hybridized carbons (Fsp3) is 0.500. The summed E-state index contributed by atoms with van der Waals surface area (Å²) in [7, 11) is 0. The largest absolute Gasteiger partial charge is 0.380 e. The first-order chi connectivity index (χ1) is 7.61. The number of halogens is 2. The molecule has 1 aromatic carbocycles. The Labute approximate surface area is 93.4 Å². The minimum atomic E-state index is -0.821. The Balaban J connectivity index is 2.16. The second kappa shape index (κ2) is 4.47. The van der Waals surface area contributed by atoms with Gasteiger partial charge in [0.25, 0.3) is 0 Å². The van der Waals surface area contributed by atoms with Gasteiger partial charge in [-0.2, -0.15) is 0 Å². The molecule has 4 heteroatoms. The van der Waals surface area contributed by atoms with Crippen LogP contribution >= 0.6 is 0 Å². The van der Waals surface area contributed by atoms with Gasteiger partial charge in [0.2, 0.25) is 0 Å². The quantitative estimate of drug-likeness (QED) is 0.838. The summed E-state index contributed by atoms with van der Waals surface area (Å²) in [5.41, 5.74) is 5.86. The predicted molar refractivity (Wildman–Crippen MR) is 57.0 cm³/mol. The summed E-state index contributed by atoms with van der Waals surface area (Å²) < 4.78 is 31.8. The van der Waals surface area contributed by atoms with Crippen molar-refractivity contribution >= 4 is 0 Å². The second-order valence-corrected chi connectivity index (χ2v) is 4.41. The number of hydrogen-bond acceptors (Lipinski definition) is 2. The van der Waals surface area contributed by atoms with Crippen molar-refractivity contribution in [2.45, 2.75) is 24.8 Å². The average Bonchev–Trinajstić information content (AvgIpc) is 2.26. The van der Waals surface area contributed by atoms with E-state index in [1.807, 2.05) is 0 Å². The zero-order valence-corrected chi connectivity index (χ0v) is 9.01. The average molecular weight is 227 g/mol. The summed E-state index contributed by atoms with van der Waals surface area (Å²) in [6.45, 7) is 1.10. The van der Waals surface area contributed by atoms with Crippen LogP contribution in [0.25, 0.3) is 0 Å². The molecule has 0 aliphatic carbocycles. The molecule has 2 rings (SSSR count). The van der Waals surface area contributed by atoms with Gasteiger partial charge in [0.15, 0.2) is 11.6 Å². The maximum Gasteiger partial charge on any atom is 0.162 e. The van der Waals surface area contributed by atoms with E-state index in [9.17, 15) is 8.78 Å². The lowest BCUT2D eigenvalue weighted by atomic mass is 9.86. The Morgan fingerprint density at radius 3 is 2.88 bits per heavy atom. The first-order valence-corrected chi connectivity index (χ1v) is 5.40. The molecule has 0 radical (unpaired) electrons. The van der Waals surface area contributed by atoms with Gasteiger partial charge >= 0.3 is 0 Å². The van der Waals surface area contributed by atoms with Crippen LogP contribution in [0, 0.1) is 11.6 Å². The Bertz CT molecular complexity index is 375. The van der Waals surface area contributed by atoms with E-state index in [-0.39, 0.29) is 0 Å². The summed E-state index contributed by atoms with van der Waals surface area (Å²) in [6.07, 6.45) is 1.97. The molecule has 1 aliphatic heterocycles. The van der Waals surface area contributed by atoms with Gasteiger partial charge in [-0.3, -0.25) is 0 Å². The second-order valence-electron chi connectivity index (χ2n) is 4.41. The molecule has 1 fully saturated rings. The van der Waals surface area contributed by atoms with Crippen molar-refractivity contribution in [3.8, 4) is 0 Å². The number of rotatable bonds is 2. The number of benzene rings is 1. The summed E-state index contributed by atoms with van der Waals surface area (Å²) in [5, 5.41) is 0. The van der Waals surface area contributed by atoms with Gasteiger partial charge in [0.1, 0.15) is 0 Å². The van der Waals surface area contributed by atoms with Crippen molar-refractivity contribution in [2.75, 3.05) is 13.2 Å². The Morgan fingerprint density at radius 2 is 2.19 bits per heavy atom. The van der Waals surface area contributed by atoms with E-state index in [1.54, 1.807) is 6.07 Å². The molecule has 1 unspecified atom stereocenters. The van der Waals surface area contributed by atoms with Gasteiger partial charge in [0, 0.05) is 12.1 Å². The molecule has 1 saturated heterocycles. The molecule has 88 valence electrons. The van der Waals surface area contributed by atoms with Crippen LogP contribution < -0.4 is 5.73 Å². The summed E-state index contributed by atoms with van der Waals surface area (Å²) in [6, 6.07) is 4.18. The molecule has 2 nitrogen and oxygen atoms in total. The van der Waals surface area contributed by atoms with Gasteiger partial charge in [-0.15, -0.1) is 0 Å². The highest BCUT2D eigenvalue weighted by Crippen LogP contribution is 2.23. The lowest BCUT2D eigenvalue weighted by Gasteiger charge is -2.33. The van der Waals surface area contributed by atoms with Crippen LogP contribution in [0.1, 0.15) is 18.4 Å². The molecule has 1 aromatic rings. The molecule has 0 saturated carbocycles. The van der Waals surface area contributed by atoms with Crippen LogP contribution in [0.4, 0.5) is 8.78 Å². The molecule has 2 N–H and O–H groups in total. The summed E-state index contributed by atoms with van der Waals surface area (Å²) >= 11 is 0. The zero-order valence-electron chi connectivity index (χ0n) is 9.01. The van der Waals surface area contributed by atoms with Crippen LogP contribution in [0.3, 0.4) is 0 Å². The molecule has 1 aliphatic rings. The van der Waals surface area contributed by atoms with E-state index in [0.717, 1.165) is 18.9 Å². The minimum Gasteiger partial charge on any atom is -0.380 e. The van der Waals surface area contributed by atoms with Gasteiger partial charge in [-0.25, -0.2) is 8.78 Å². The fourth-order valence-electron chi connectivity index (χ4n) is 2.08. The third-order valence-electron chi connectivity index (χ3n) is 2.93. The van der Waals surface area contributed by atoms with Gasteiger partial charge < -0.3 is 10.5 Å². The number of nitrogens with two attached hydrogens (primary N) is 1. The first kappa shape index (κ1) is 11.5. The Morgan fingerprint density at radius 1 is 1.38 bits per heavy atom. The van der Waals surface area contributed by atoms with Crippen LogP contribution in [0.2, 0.25) is 0 Å². The summed E-state index contributed by atoms with van der Waals surface area (Å²) in [4.78, 5) is 0. The van der Waals surface area contributed by atoms with Crippen LogP contribution in [0.15, 0.2) is 18.2 Å². The Hall–Kier alpha value is -1.00. The normalized spacial score (nSPS) is 25.7. The monoisotopic (exact) mass is 227 g/mol. The molecule has 1 heterocycles. The van der Waals surface area contributed by atoms with Crippen molar-refractivity contribution in [1.82, 2.24) is 0 Å². The smallest absolute Gasteiger partial charge is 0.162 e. The van der Waals surface area contributed by atoms with Crippen molar-refractivity contribution in [3.05, 3.63) is 35.4 Å². The molecular weight excluding hydrogens is 212 g/mol. The lowest BCUT2D eigenvalue weighted by molar-refractivity contribution is 0.0378. The third-order valence-corrected chi connectivity index (χ3v) is 2.93. The molecule has 0 spiro atoms. The SMILES string of the molecule is NC1(Cc2cccc(F)c2F)CCCOC1. The Kier molecular flexibility index (Phi) is 3.21. The van der Waals surface area contributed by atoms with Crippen LogP contribution in [-0.2, 0) is 11.2 Å². The van der Waals surface area contributed by atoms with Crippen molar-refractivity contribution in [1.29, 1.82) is 0 Å². The van der Waals surface area contributed by atoms with Crippen LogP contribution in [0.5, 0.6) is 0 Å². The molecule has 16 heavy (non-hydrogen) atoms. The van der Waals surface area contributed by atoms with Crippen molar-refractivity contribution in [2.24, 2.45) is 5.73 Å². The molecule has 1 atom stereocenters. The number of hydrogen-bond donors (Lipinski definition) is 1. The highest BCUT2D eigenvalue weighted by molar-refractivity contribution is 5.21. The van der Waals surface area contributed by atoms with E-state index < -0.39 is 17.2 Å². The van der Waals surface area contributed by atoms with Gasteiger partial charge in [-0.1, -0.05) is 12.1 Å². The zero-order chi connectivity index (χ0) is 11.6. The first-order valence-electron chi connectivity index (χ1n) is 5.40. The van der Waals surface area contributed by atoms with E-state index in [2.05, 4.69) is 0 Å². The van der Waals surface area contributed by atoms with E-state index in [0.29, 0.717) is 25.2 Å². The van der Waals surface area contributed by atoms with Crippen molar-refractivity contribution < 1.29 is 13.5 Å². The molecular formula is C12H15F2NO. The fourth-order valence-corrected chi connectivity index (χ4v) is 2.08. The van der Waals surface area contributed by atoms with Crippen molar-refractivity contribution in [3.63, 3.8) is 0 Å². The third kappa shape index (κ3) is 2.39. The summed E-state index contributed by atoms with van der Waals surface area (Å²) in [5.74, 6) is -1.62. The predicted octanol–water partition coefficient (Wildman–Crippen LogP) is 2.02. The standard InChI is InChI=1S/C12H15F2NO/c13-10-4-1-3-9(11(10)14)7-12(15)5-2-6-16-8-12/h1,3-4H,2,5-8,15H2. The minimum absolute atomic E-state index is 0.316. The number of ether oxygens (including phenoxy) is 1. The molecule has 0 amide bonds. The van der Waals surface area contributed by atoms with E-state index in [4.69, 9.17) is 10.5 Å². The molecule has 0 aromatic heterocycles. The maximum absolute atomic E-state index is 13.5. The van der Waals surface area contributed by atoms with Gasteiger partial charge in [-0.05, 0) is 30.9 Å². The lowest BCUT2D eigenvalue weighted by Crippen LogP contribution is -2.49. The highest BCUT2D eigenvalue weighted by Gasteiger charge is 2.29. The van der Waals surface area contributed by atoms with Gasteiger partial charge in [0.05, 0.1) is 6.61 Å². The van der Waals surface area contributed by atoms with Crippen LogP contribution in [-0.4, -0.2) is 18.8 Å². The van der Waals surface area contributed by atoms with E-state index >= 15 is 0 Å².